The smallest absolute Gasteiger partial charge is 0.349 e. The molecule has 4 rings (SSSR count). The highest BCUT2D eigenvalue weighted by Gasteiger charge is 2.16. The molecule has 30 heavy (non-hydrogen) atoms. The Labute approximate surface area is 173 Å². The van der Waals surface area contributed by atoms with Gasteiger partial charge in [0.2, 0.25) is 0 Å². The zero-order valence-corrected chi connectivity index (χ0v) is 16.5. The predicted octanol–water partition coefficient (Wildman–Crippen LogP) is 2.80. The maximum atomic E-state index is 12.5. The number of rotatable bonds is 6. The second-order valence-electron chi connectivity index (χ2n) is 7.32. The van der Waals surface area contributed by atoms with Crippen LogP contribution in [-0.4, -0.2) is 48.8 Å². The monoisotopic (exact) mass is 408 g/mol. The van der Waals surface area contributed by atoms with Crippen molar-refractivity contribution >= 4 is 22.6 Å². The van der Waals surface area contributed by atoms with Gasteiger partial charge in [-0.15, -0.1) is 0 Å². The van der Waals surface area contributed by atoms with Crippen molar-refractivity contribution < 1.29 is 19.1 Å². The number of ether oxygens (including phenoxy) is 1. The first-order valence-corrected chi connectivity index (χ1v) is 10.0. The molecule has 0 saturated carbocycles. The van der Waals surface area contributed by atoms with Crippen LogP contribution < -0.4 is 10.9 Å². The van der Waals surface area contributed by atoms with Gasteiger partial charge in [-0.2, -0.15) is 0 Å². The number of aliphatic hydroxyl groups excluding tert-OH is 1. The molecule has 1 aliphatic heterocycles. The summed E-state index contributed by atoms with van der Waals surface area (Å²) in [6.45, 7) is 4.06. The minimum atomic E-state index is -0.679. The van der Waals surface area contributed by atoms with Gasteiger partial charge in [0.1, 0.15) is 11.1 Å². The maximum Gasteiger partial charge on any atom is 0.349 e. The Hall–Kier alpha value is -3.00. The summed E-state index contributed by atoms with van der Waals surface area (Å²) in [7, 11) is 0. The summed E-state index contributed by atoms with van der Waals surface area (Å²) in [4.78, 5) is 27.0. The number of hydrogen-bond donors (Lipinski definition) is 2. The summed E-state index contributed by atoms with van der Waals surface area (Å²) in [6.07, 6.45) is 0.0502. The van der Waals surface area contributed by atoms with Crippen LogP contribution in [0.3, 0.4) is 0 Å². The van der Waals surface area contributed by atoms with Gasteiger partial charge in [-0.25, -0.2) is 4.79 Å². The molecule has 156 valence electrons. The highest BCUT2D eigenvalue weighted by atomic mass is 16.5. The van der Waals surface area contributed by atoms with Gasteiger partial charge in [0, 0.05) is 30.7 Å². The fourth-order valence-electron chi connectivity index (χ4n) is 3.50. The van der Waals surface area contributed by atoms with E-state index in [1.54, 1.807) is 42.5 Å². The van der Waals surface area contributed by atoms with Crippen LogP contribution in [0.2, 0.25) is 0 Å². The van der Waals surface area contributed by atoms with Crippen LogP contribution in [0.4, 0.5) is 5.69 Å². The van der Waals surface area contributed by atoms with E-state index >= 15 is 0 Å². The quantitative estimate of drug-likeness (QED) is 0.610. The van der Waals surface area contributed by atoms with Crippen molar-refractivity contribution in [2.24, 2.45) is 0 Å². The number of hydrogen-bond acceptors (Lipinski definition) is 6. The van der Waals surface area contributed by atoms with Crippen LogP contribution >= 0.6 is 0 Å². The van der Waals surface area contributed by atoms with Crippen LogP contribution in [0.25, 0.3) is 11.0 Å². The summed E-state index contributed by atoms with van der Waals surface area (Å²) in [5.41, 5.74) is 1.03. The van der Waals surface area contributed by atoms with E-state index in [9.17, 15) is 14.7 Å². The lowest BCUT2D eigenvalue weighted by atomic mass is 10.1. The number of carbonyl (C=O) groups is 1. The molecule has 2 heterocycles. The lowest BCUT2D eigenvalue weighted by molar-refractivity contribution is 0.0300. The number of para-hydroxylation sites is 1. The molecule has 0 spiro atoms. The van der Waals surface area contributed by atoms with Crippen LogP contribution in [0.15, 0.2) is 63.8 Å². The zero-order valence-electron chi connectivity index (χ0n) is 16.5. The van der Waals surface area contributed by atoms with Crippen molar-refractivity contribution in [3.05, 3.63) is 76.1 Å². The Morgan fingerprint density at radius 3 is 2.60 bits per heavy atom. The largest absolute Gasteiger partial charge is 0.422 e. The Morgan fingerprint density at radius 1 is 1.10 bits per heavy atom. The van der Waals surface area contributed by atoms with Crippen molar-refractivity contribution in [3.63, 3.8) is 0 Å². The summed E-state index contributed by atoms with van der Waals surface area (Å²) >= 11 is 0. The molecule has 0 bridgehead atoms. The minimum absolute atomic E-state index is 0.0525. The second-order valence-corrected chi connectivity index (χ2v) is 7.32. The van der Waals surface area contributed by atoms with E-state index in [0.29, 0.717) is 23.1 Å². The third-order valence-corrected chi connectivity index (χ3v) is 5.26. The maximum absolute atomic E-state index is 12.5. The number of nitrogens with one attached hydrogen (secondary N) is 1. The van der Waals surface area contributed by atoms with Crippen molar-refractivity contribution in [2.45, 2.75) is 12.5 Å². The third-order valence-electron chi connectivity index (χ3n) is 5.26. The topological polar surface area (TPSA) is 92.0 Å². The van der Waals surface area contributed by atoms with Crippen molar-refractivity contribution in [3.8, 4) is 0 Å². The van der Waals surface area contributed by atoms with Crippen LogP contribution in [0.5, 0.6) is 0 Å². The molecular formula is C23H24N2O5. The molecular weight excluding hydrogens is 384 g/mol. The Morgan fingerprint density at radius 2 is 1.83 bits per heavy atom. The summed E-state index contributed by atoms with van der Waals surface area (Å²) < 4.78 is 10.6. The first kappa shape index (κ1) is 20.3. The highest BCUT2D eigenvalue weighted by molar-refractivity contribution is 6.05. The molecule has 1 atom stereocenters. The van der Waals surface area contributed by atoms with E-state index in [4.69, 9.17) is 9.15 Å². The lowest BCUT2D eigenvalue weighted by Gasteiger charge is -2.27. The molecule has 1 saturated heterocycles. The normalized spacial score (nSPS) is 15.8. The number of nitrogens with zero attached hydrogens (tertiary/aromatic N) is 1. The molecule has 1 fully saturated rings. The predicted molar refractivity (Wildman–Crippen MR) is 114 cm³/mol. The number of carbonyl (C=O) groups excluding carboxylic acids is 1. The fourth-order valence-corrected chi connectivity index (χ4v) is 3.50. The molecule has 1 aliphatic rings. The van der Waals surface area contributed by atoms with Gasteiger partial charge in [0.25, 0.3) is 5.91 Å². The van der Waals surface area contributed by atoms with E-state index in [0.717, 1.165) is 38.4 Å². The Kier molecular flexibility index (Phi) is 6.23. The number of amides is 1. The third kappa shape index (κ3) is 4.76. The van der Waals surface area contributed by atoms with Crippen LogP contribution in [0.1, 0.15) is 28.4 Å². The Balaban J connectivity index is 1.38. The molecule has 1 aromatic heterocycles. The Bertz CT molecular complexity index is 1070. The van der Waals surface area contributed by atoms with Crippen molar-refractivity contribution in [2.75, 3.05) is 38.2 Å². The molecule has 7 heteroatoms. The van der Waals surface area contributed by atoms with Gasteiger partial charge in [-0.3, -0.25) is 9.69 Å². The first-order chi connectivity index (χ1) is 14.6. The average Bonchev–Trinajstić information content (AvgIpc) is 2.78. The molecule has 2 N–H and O–H groups in total. The molecule has 3 aromatic rings. The summed E-state index contributed by atoms with van der Waals surface area (Å²) in [5.74, 6) is -0.532. The molecule has 0 radical (unpaired) electrons. The van der Waals surface area contributed by atoms with Crippen molar-refractivity contribution in [1.82, 2.24) is 4.90 Å². The molecule has 1 unspecified atom stereocenters. The molecule has 0 aliphatic carbocycles. The van der Waals surface area contributed by atoms with E-state index in [2.05, 4.69) is 10.2 Å². The lowest BCUT2D eigenvalue weighted by Crippen LogP contribution is -2.37. The van der Waals surface area contributed by atoms with Crippen LogP contribution in [0, 0.1) is 0 Å². The SMILES string of the molecule is O=C(Nc1ccc(C(O)CCN2CCOCC2)cc1)c1cc2ccccc2oc1=O. The zero-order chi connectivity index (χ0) is 20.9. The molecule has 1 amide bonds. The molecule has 7 nitrogen and oxygen atoms in total. The molecule has 2 aromatic carbocycles. The number of fused-ring (bicyclic) bond motifs is 1. The van der Waals surface area contributed by atoms with Gasteiger partial charge in [-0.1, -0.05) is 30.3 Å². The highest BCUT2D eigenvalue weighted by Crippen LogP contribution is 2.20. The number of aliphatic hydroxyl groups is 1. The van der Waals surface area contributed by atoms with Crippen LogP contribution in [-0.2, 0) is 4.74 Å². The van der Waals surface area contributed by atoms with Crippen molar-refractivity contribution in [1.29, 1.82) is 0 Å². The second kappa shape index (κ2) is 9.21. The van der Waals surface area contributed by atoms with Gasteiger partial charge >= 0.3 is 5.63 Å². The van der Waals surface area contributed by atoms with E-state index in [-0.39, 0.29) is 5.56 Å². The van der Waals surface area contributed by atoms with Gasteiger partial charge < -0.3 is 19.6 Å². The average molecular weight is 408 g/mol. The number of anilines is 1. The van der Waals surface area contributed by atoms with E-state index in [1.165, 1.54) is 6.07 Å². The standard InChI is InChI=1S/C23H24N2O5/c26-20(9-10-25-11-13-29-14-12-25)16-5-7-18(8-6-16)24-22(27)19-15-17-3-1-2-4-21(17)30-23(19)28/h1-8,15,20,26H,9-14H2,(H,24,27). The van der Waals surface area contributed by atoms with E-state index < -0.39 is 17.6 Å². The summed E-state index contributed by atoms with van der Waals surface area (Å²) in [5, 5.41) is 13.8. The number of morpholine rings is 1. The minimum Gasteiger partial charge on any atom is -0.422 e. The van der Waals surface area contributed by atoms with Gasteiger partial charge in [0.15, 0.2) is 0 Å². The fraction of sp³-hybridized carbons (Fsp3) is 0.304. The number of benzene rings is 2. The van der Waals surface area contributed by atoms with Gasteiger partial charge in [-0.05, 0) is 36.2 Å². The van der Waals surface area contributed by atoms with E-state index in [1.807, 2.05) is 6.07 Å². The van der Waals surface area contributed by atoms with Gasteiger partial charge in [0.05, 0.1) is 19.3 Å². The first-order valence-electron chi connectivity index (χ1n) is 10.0. The summed E-state index contributed by atoms with van der Waals surface area (Å²) in [6, 6.07) is 15.6.